The Kier molecular flexibility index (Phi) is 17.3. The Balaban J connectivity index is 1.14. The van der Waals surface area contributed by atoms with Gasteiger partial charge in [-0.3, -0.25) is 0 Å². The topological polar surface area (TPSA) is 612 Å². The van der Waals surface area contributed by atoms with Gasteiger partial charge in [-0.05, 0) is 72.8 Å². The van der Waals surface area contributed by atoms with Crippen molar-refractivity contribution in [2.24, 2.45) is 0 Å². The summed E-state index contributed by atoms with van der Waals surface area (Å²) in [5.74, 6) is -37.0. The van der Waals surface area contributed by atoms with Gasteiger partial charge in [0.2, 0.25) is 0 Å². The summed E-state index contributed by atoms with van der Waals surface area (Å²) in [6.07, 6.45) is -16.4. The lowest BCUT2D eigenvalue weighted by Crippen LogP contribution is -2.42. The Hall–Kier alpha value is -14.8. The predicted octanol–water partition coefficient (Wildman–Crippen LogP) is 7.59. The molecule has 9 atom stereocenters. The third kappa shape index (κ3) is 12.2. The highest BCUT2D eigenvalue weighted by atomic mass is 16.6. The average Bonchev–Trinajstić information content (AvgIpc) is 0.704. The van der Waals surface area contributed by atoms with E-state index in [2.05, 4.69) is 0 Å². The maximum atomic E-state index is 15.1. The number of carbonyl (C=O) groups excluding carboxylic acids is 3. The maximum Gasteiger partial charge on any atom is 0.338 e. The fraction of sp³-hybridized carbons (Fsp3) is 0.137. The van der Waals surface area contributed by atoms with Crippen LogP contribution in [0.1, 0.15) is 123 Å². The van der Waals surface area contributed by atoms with E-state index in [0.717, 1.165) is 54.6 Å². The fourth-order valence-electron chi connectivity index (χ4n) is 13.4. The largest absolute Gasteiger partial charge is 0.508 e. The standard InChI is InChI=1S/C73H56O34/c74-28-16-37(82)51(38(83)17-28)62(98)56-43(88)21-42(87)55-58(70(107-73(101)27-14-48(93)61(97)49(94)15-27)65(105-68(55)56)24-3-6-32(77)36(81)9-24)54-41(86)20-40(85)53-57(69(106-72(100)26-12-46(91)60(96)47(92)13-26)64(104-67(53)54)23-2-5-31(76)35(80)8-23)52-39(84)19-33(78)29-18-50(102-71(99)25-10-44(89)59(95)45(90)11-25)63(103-66(29)52)22-1-4-30(75)34(79)7-22/h1-17,19-21,50,57-58,62-65,69-70,74-98H,18H2. The molecule has 3 aliphatic rings. The first-order chi connectivity index (χ1) is 50.6. The molecule has 0 saturated heterocycles. The summed E-state index contributed by atoms with van der Waals surface area (Å²) in [5.41, 5.74) is -9.11. The van der Waals surface area contributed by atoms with Crippen molar-refractivity contribution in [3.05, 3.63) is 194 Å². The van der Waals surface area contributed by atoms with E-state index in [4.69, 9.17) is 28.4 Å². The molecule has 3 heterocycles. The van der Waals surface area contributed by atoms with E-state index >= 15 is 9.59 Å². The summed E-state index contributed by atoms with van der Waals surface area (Å²) in [4.78, 5) is 44.3. The lowest BCUT2D eigenvalue weighted by molar-refractivity contribution is -0.0350. The predicted molar refractivity (Wildman–Crippen MR) is 354 cm³/mol. The van der Waals surface area contributed by atoms with Gasteiger partial charge in [0.25, 0.3) is 0 Å². The van der Waals surface area contributed by atoms with Gasteiger partial charge in [0.1, 0.15) is 81.2 Å². The highest BCUT2D eigenvalue weighted by Crippen LogP contribution is 2.65. The van der Waals surface area contributed by atoms with E-state index in [1.807, 2.05) is 0 Å². The highest BCUT2D eigenvalue weighted by molar-refractivity contribution is 5.93. The van der Waals surface area contributed by atoms with E-state index in [0.29, 0.717) is 66.7 Å². The van der Waals surface area contributed by atoms with Crippen molar-refractivity contribution in [3.63, 3.8) is 0 Å². The van der Waals surface area contributed by atoms with Crippen LogP contribution in [0.5, 0.6) is 155 Å². The molecule has 0 spiro atoms. The number of aliphatic hydroxyl groups excluding tert-OH is 1. The van der Waals surface area contributed by atoms with Crippen LogP contribution >= 0.6 is 0 Å². The van der Waals surface area contributed by atoms with Crippen LogP contribution in [-0.2, 0) is 20.6 Å². The van der Waals surface area contributed by atoms with Crippen LogP contribution < -0.4 is 14.2 Å². The van der Waals surface area contributed by atoms with E-state index in [9.17, 15) is 132 Å². The Bertz CT molecular complexity index is 5310. The molecule has 34 heteroatoms. The number of ether oxygens (including phenoxy) is 6. The van der Waals surface area contributed by atoms with Crippen molar-refractivity contribution in [1.82, 2.24) is 0 Å². The molecule has 13 rings (SSSR count). The van der Waals surface area contributed by atoms with Gasteiger partial charge in [0.05, 0.1) is 39.7 Å². The minimum atomic E-state index is -2.58. The molecule has 10 aromatic rings. The molecule has 0 saturated carbocycles. The zero-order valence-corrected chi connectivity index (χ0v) is 53.8. The number of phenolic OH excluding ortho intramolecular Hbond substituents is 24. The van der Waals surface area contributed by atoms with Gasteiger partial charge in [-0.1, -0.05) is 18.2 Å². The zero-order chi connectivity index (χ0) is 77.1. The number of phenols is 24. The molecule has 34 nitrogen and oxygen atoms in total. The Morgan fingerprint density at radius 3 is 1.02 bits per heavy atom. The number of hydrogen-bond donors (Lipinski definition) is 25. The highest BCUT2D eigenvalue weighted by Gasteiger charge is 2.55. The molecule has 10 aromatic carbocycles. The normalized spacial score (nSPS) is 18.7. The van der Waals surface area contributed by atoms with Gasteiger partial charge in [-0.25, -0.2) is 14.4 Å². The van der Waals surface area contributed by atoms with Crippen LogP contribution in [-0.4, -0.2) is 164 Å². The quantitative estimate of drug-likeness (QED) is 0.0300. The summed E-state index contributed by atoms with van der Waals surface area (Å²) in [6.45, 7) is 0. The Labute approximate surface area is 596 Å². The van der Waals surface area contributed by atoms with E-state index < -0.39 is 301 Å². The first kappa shape index (κ1) is 70.6. The molecule has 552 valence electrons. The zero-order valence-electron chi connectivity index (χ0n) is 53.8. The SMILES string of the molecule is O=C(OC1Cc2c(O)cc(O)c(C3c4c(O)cc(O)c(C5c6c(O)cc(O)c(C(O)c7c(O)cc(O)cc7O)c6OC(c6ccc(O)c(O)c6)C5OC(=O)c5cc(O)c(O)c(O)c5)c4OC(c4ccc(O)c(O)c4)C3OC(=O)c3cc(O)c(O)c(O)c3)c2OC1c1ccc(O)c(O)c1)c1cc(O)c(O)c(O)c1. The lowest BCUT2D eigenvalue weighted by atomic mass is 9.72. The minimum absolute atomic E-state index is 0.220. The van der Waals surface area contributed by atoms with Crippen LogP contribution in [0.4, 0.5) is 0 Å². The third-order valence-electron chi connectivity index (χ3n) is 18.3. The number of hydrogen-bond acceptors (Lipinski definition) is 34. The van der Waals surface area contributed by atoms with E-state index in [1.165, 1.54) is 0 Å². The first-order valence-electron chi connectivity index (χ1n) is 31.2. The molecule has 0 aliphatic carbocycles. The van der Waals surface area contributed by atoms with Crippen molar-refractivity contribution >= 4 is 17.9 Å². The molecule has 0 aromatic heterocycles. The number of fused-ring (bicyclic) bond motifs is 3. The minimum Gasteiger partial charge on any atom is -0.508 e. The van der Waals surface area contributed by atoms with Gasteiger partial charge in [0.15, 0.2) is 117 Å². The smallest absolute Gasteiger partial charge is 0.338 e. The van der Waals surface area contributed by atoms with Crippen molar-refractivity contribution < 1.29 is 170 Å². The fourth-order valence-corrected chi connectivity index (χ4v) is 13.4. The number of aliphatic hydroxyl groups is 1. The average molecular weight is 1480 g/mol. The maximum absolute atomic E-state index is 15.1. The molecular weight excluding hydrogens is 1420 g/mol. The number of esters is 3. The summed E-state index contributed by atoms with van der Waals surface area (Å²) < 4.78 is 38.8. The summed E-state index contributed by atoms with van der Waals surface area (Å²) in [6, 6.07) is 15.1. The molecule has 9 unspecified atom stereocenters. The van der Waals surface area contributed by atoms with Crippen LogP contribution in [0.15, 0.2) is 121 Å². The monoisotopic (exact) mass is 1480 g/mol. The molecule has 0 bridgehead atoms. The second-order valence-corrected chi connectivity index (χ2v) is 24.9. The number of benzene rings is 10. The second-order valence-electron chi connectivity index (χ2n) is 24.9. The molecule has 0 fully saturated rings. The molecule has 0 radical (unpaired) electrons. The van der Waals surface area contributed by atoms with Crippen LogP contribution in [0, 0.1) is 0 Å². The lowest BCUT2D eigenvalue weighted by Gasteiger charge is -2.45. The molecule has 3 aliphatic heterocycles. The van der Waals surface area contributed by atoms with E-state index in [1.54, 1.807) is 0 Å². The van der Waals surface area contributed by atoms with Gasteiger partial charge in [0, 0.05) is 81.3 Å². The Morgan fingerprint density at radius 1 is 0.308 bits per heavy atom. The van der Waals surface area contributed by atoms with Crippen molar-refractivity contribution in [2.75, 3.05) is 0 Å². The summed E-state index contributed by atoms with van der Waals surface area (Å²) in [5, 5.41) is 282. The molecule has 107 heavy (non-hydrogen) atoms. The van der Waals surface area contributed by atoms with Gasteiger partial charge in [-0.2, -0.15) is 0 Å². The van der Waals surface area contributed by atoms with Crippen LogP contribution in [0.25, 0.3) is 0 Å². The second kappa shape index (κ2) is 26.2. The summed E-state index contributed by atoms with van der Waals surface area (Å²) >= 11 is 0. The first-order valence-corrected chi connectivity index (χ1v) is 31.2. The van der Waals surface area contributed by atoms with Gasteiger partial charge >= 0.3 is 17.9 Å². The summed E-state index contributed by atoms with van der Waals surface area (Å²) in [7, 11) is 0. The van der Waals surface area contributed by atoms with E-state index in [-0.39, 0.29) is 5.56 Å². The third-order valence-corrected chi connectivity index (χ3v) is 18.3. The number of rotatable bonds is 13. The Morgan fingerprint density at radius 2 is 0.626 bits per heavy atom. The molecule has 25 N–H and O–H groups in total. The molecular formula is C73H56O34. The van der Waals surface area contributed by atoms with Crippen molar-refractivity contribution in [2.45, 2.75) is 61.0 Å². The van der Waals surface area contributed by atoms with Crippen molar-refractivity contribution in [1.29, 1.82) is 0 Å². The number of aromatic hydroxyl groups is 24. The van der Waals surface area contributed by atoms with Crippen LogP contribution in [0.3, 0.4) is 0 Å². The van der Waals surface area contributed by atoms with Gasteiger partial charge in [-0.15, -0.1) is 0 Å². The van der Waals surface area contributed by atoms with Gasteiger partial charge < -0.3 is 156 Å². The van der Waals surface area contributed by atoms with Crippen molar-refractivity contribution in [3.8, 4) is 155 Å². The molecule has 0 amide bonds. The van der Waals surface area contributed by atoms with Crippen LogP contribution in [0.2, 0.25) is 0 Å². The number of carbonyl (C=O) groups is 3.